The Labute approximate surface area is 81.8 Å². The maximum atomic E-state index is 11.3. The van der Waals surface area contributed by atoms with Crippen molar-refractivity contribution < 1.29 is 4.79 Å². The van der Waals surface area contributed by atoms with Gasteiger partial charge in [0, 0.05) is 12.5 Å². The lowest BCUT2D eigenvalue weighted by molar-refractivity contribution is -0.133. The van der Waals surface area contributed by atoms with Crippen LogP contribution in [0.5, 0.6) is 0 Å². The van der Waals surface area contributed by atoms with Gasteiger partial charge < -0.3 is 0 Å². The van der Waals surface area contributed by atoms with Crippen LogP contribution in [-0.4, -0.2) is 15.6 Å². The molecule has 0 saturated carbocycles. The van der Waals surface area contributed by atoms with Gasteiger partial charge in [-0.2, -0.15) is 0 Å². The minimum Gasteiger partial charge on any atom is -0.284 e. The molecule has 64 valence electrons. The Morgan fingerprint density at radius 3 is 2.64 bits per heavy atom. The summed E-state index contributed by atoms with van der Waals surface area (Å²) in [5, 5.41) is 0. The summed E-state index contributed by atoms with van der Waals surface area (Å²) in [5.74, 6) is 0.487. The van der Waals surface area contributed by atoms with Gasteiger partial charge in [0.1, 0.15) is 0 Å². The average Bonchev–Trinajstić information content (AvgIpc) is 1.81. The highest BCUT2D eigenvalue weighted by molar-refractivity contribution is 14.1. The van der Waals surface area contributed by atoms with Crippen molar-refractivity contribution in [1.29, 1.82) is 0 Å². The van der Waals surface area contributed by atoms with Crippen LogP contribution in [0.2, 0.25) is 0 Å². The van der Waals surface area contributed by atoms with Gasteiger partial charge in [-0.1, -0.05) is 20.8 Å². The quantitative estimate of drug-likeness (QED) is 0.487. The number of amides is 1. The third-order valence-electron chi connectivity index (χ3n) is 2.09. The third kappa shape index (κ3) is 2.07. The zero-order valence-corrected chi connectivity index (χ0v) is 9.38. The van der Waals surface area contributed by atoms with Crippen molar-refractivity contribution in [3.8, 4) is 0 Å². The van der Waals surface area contributed by atoms with Crippen molar-refractivity contribution in [3.05, 3.63) is 0 Å². The molecule has 1 atom stereocenters. The molecule has 0 N–H and O–H groups in total. The standard InChI is InChI=1S/C8H14INO/c1-6-4-8(2,3)5-10(9)7(6)11/h6H,4-5H2,1-3H3. The molecule has 0 spiro atoms. The zero-order chi connectivity index (χ0) is 8.65. The van der Waals surface area contributed by atoms with Gasteiger partial charge in [0.2, 0.25) is 5.91 Å². The molecule has 0 radical (unpaired) electrons. The van der Waals surface area contributed by atoms with Gasteiger partial charge in [0.15, 0.2) is 0 Å². The van der Waals surface area contributed by atoms with E-state index in [2.05, 4.69) is 36.7 Å². The molecule has 1 saturated heterocycles. The second-order valence-electron chi connectivity index (χ2n) is 4.13. The summed E-state index contributed by atoms with van der Waals surface area (Å²) in [6, 6.07) is 0. The summed E-state index contributed by atoms with van der Waals surface area (Å²) in [5.41, 5.74) is 0.300. The molecule has 2 nitrogen and oxygen atoms in total. The monoisotopic (exact) mass is 267 g/mol. The van der Waals surface area contributed by atoms with Gasteiger partial charge >= 0.3 is 0 Å². The Bertz CT molecular complexity index is 163. The van der Waals surface area contributed by atoms with Gasteiger partial charge in [-0.15, -0.1) is 0 Å². The first-order valence-corrected chi connectivity index (χ1v) is 4.86. The lowest BCUT2D eigenvalue weighted by atomic mass is 9.80. The van der Waals surface area contributed by atoms with Gasteiger partial charge in [0.05, 0.1) is 22.9 Å². The highest BCUT2D eigenvalue weighted by Gasteiger charge is 2.34. The first kappa shape index (κ1) is 9.29. The summed E-state index contributed by atoms with van der Waals surface area (Å²) in [6.07, 6.45) is 1.02. The Kier molecular flexibility index (Phi) is 2.46. The second-order valence-corrected chi connectivity index (χ2v) is 5.29. The van der Waals surface area contributed by atoms with Crippen molar-refractivity contribution in [2.45, 2.75) is 27.2 Å². The van der Waals surface area contributed by atoms with E-state index in [-0.39, 0.29) is 11.8 Å². The van der Waals surface area contributed by atoms with Crippen LogP contribution in [0.1, 0.15) is 27.2 Å². The molecule has 1 fully saturated rings. The van der Waals surface area contributed by atoms with Crippen LogP contribution in [0.25, 0.3) is 0 Å². The van der Waals surface area contributed by atoms with E-state index in [1.165, 1.54) is 0 Å². The molecular formula is C8H14INO. The Balaban J connectivity index is 2.70. The van der Waals surface area contributed by atoms with Gasteiger partial charge in [-0.05, 0) is 11.8 Å². The zero-order valence-electron chi connectivity index (χ0n) is 7.22. The maximum absolute atomic E-state index is 11.3. The summed E-state index contributed by atoms with van der Waals surface area (Å²) in [6.45, 7) is 7.31. The minimum absolute atomic E-state index is 0.204. The maximum Gasteiger partial charge on any atom is 0.234 e. The highest BCUT2D eigenvalue weighted by atomic mass is 127. The normalized spacial score (nSPS) is 30.7. The van der Waals surface area contributed by atoms with Crippen molar-refractivity contribution in [1.82, 2.24) is 3.11 Å². The lowest BCUT2D eigenvalue weighted by Crippen LogP contribution is -2.42. The third-order valence-corrected chi connectivity index (χ3v) is 2.90. The van der Waals surface area contributed by atoms with Crippen LogP contribution in [0.15, 0.2) is 0 Å². The number of hydrogen-bond donors (Lipinski definition) is 0. The summed E-state index contributed by atoms with van der Waals surface area (Å²) in [7, 11) is 0. The number of carbonyl (C=O) groups excluding carboxylic acids is 1. The van der Waals surface area contributed by atoms with Crippen LogP contribution in [0.3, 0.4) is 0 Å². The van der Waals surface area contributed by atoms with Crippen LogP contribution in [-0.2, 0) is 4.79 Å². The number of piperidine rings is 1. The number of carbonyl (C=O) groups is 1. The van der Waals surface area contributed by atoms with Gasteiger partial charge in [-0.3, -0.25) is 7.91 Å². The van der Waals surface area contributed by atoms with E-state index in [4.69, 9.17) is 0 Å². The van der Waals surface area contributed by atoms with Crippen molar-refractivity contribution in [2.75, 3.05) is 6.54 Å². The first-order valence-electron chi connectivity index (χ1n) is 3.89. The predicted octanol–water partition coefficient (Wildman–Crippen LogP) is 2.23. The van der Waals surface area contributed by atoms with Crippen LogP contribution in [0, 0.1) is 11.3 Å². The molecule has 0 bridgehead atoms. The SMILES string of the molecule is CC1CC(C)(C)CN(I)C1=O. The van der Waals surface area contributed by atoms with Crippen LogP contribution >= 0.6 is 22.9 Å². The molecule has 1 aliphatic heterocycles. The molecule has 0 aromatic heterocycles. The molecule has 1 heterocycles. The Morgan fingerprint density at radius 2 is 2.18 bits per heavy atom. The fourth-order valence-electron chi connectivity index (χ4n) is 1.67. The van der Waals surface area contributed by atoms with E-state index in [0.29, 0.717) is 5.41 Å². The lowest BCUT2D eigenvalue weighted by Gasteiger charge is -2.37. The highest BCUT2D eigenvalue weighted by Crippen LogP contribution is 2.34. The van der Waals surface area contributed by atoms with Crippen LogP contribution in [0.4, 0.5) is 0 Å². The molecule has 1 unspecified atom stereocenters. The van der Waals surface area contributed by atoms with Crippen molar-refractivity contribution in [3.63, 3.8) is 0 Å². The number of halogens is 1. The molecule has 0 aliphatic carbocycles. The van der Waals surface area contributed by atoms with E-state index < -0.39 is 0 Å². The van der Waals surface area contributed by atoms with E-state index in [0.717, 1.165) is 13.0 Å². The fourth-order valence-corrected chi connectivity index (χ4v) is 3.07. The second kappa shape index (κ2) is 2.92. The molecule has 1 rings (SSSR count). The Hall–Kier alpha value is 0.200. The first-order chi connectivity index (χ1) is 4.92. The van der Waals surface area contributed by atoms with E-state index in [1.54, 1.807) is 0 Å². The largest absolute Gasteiger partial charge is 0.284 e. The van der Waals surface area contributed by atoms with Crippen molar-refractivity contribution >= 4 is 28.8 Å². The summed E-state index contributed by atoms with van der Waals surface area (Å²) >= 11 is 2.11. The fraction of sp³-hybridized carbons (Fsp3) is 0.875. The predicted molar refractivity (Wildman–Crippen MR) is 53.3 cm³/mol. The van der Waals surface area contributed by atoms with Gasteiger partial charge in [-0.25, -0.2) is 0 Å². The number of nitrogens with zero attached hydrogens (tertiary/aromatic N) is 1. The summed E-state index contributed by atoms with van der Waals surface area (Å²) < 4.78 is 1.81. The number of hydrogen-bond acceptors (Lipinski definition) is 1. The molecule has 11 heavy (non-hydrogen) atoms. The number of rotatable bonds is 0. The molecular weight excluding hydrogens is 253 g/mol. The molecule has 3 heteroatoms. The topological polar surface area (TPSA) is 20.3 Å². The Morgan fingerprint density at radius 1 is 1.64 bits per heavy atom. The molecule has 0 aromatic rings. The van der Waals surface area contributed by atoms with Gasteiger partial charge in [0.25, 0.3) is 0 Å². The van der Waals surface area contributed by atoms with E-state index in [1.807, 2.05) is 10.0 Å². The van der Waals surface area contributed by atoms with E-state index >= 15 is 0 Å². The minimum atomic E-state index is 0.204. The van der Waals surface area contributed by atoms with E-state index in [9.17, 15) is 4.79 Å². The van der Waals surface area contributed by atoms with Crippen LogP contribution < -0.4 is 0 Å². The summed E-state index contributed by atoms with van der Waals surface area (Å²) in [4.78, 5) is 11.3. The van der Waals surface area contributed by atoms with Crippen molar-refractivity contribution in [2.24, 2.45) is 11.3 Å². The molecule has 1 amide bonds. The average molecular weight is 267 g/mol. The molecule has 0 aromatic carbocycles. The molecule has 1 aliphatic rings. The smallest absolute Gasteiger partial charge is 0.234 e.